The molecule has 3 rings (SSSR count). The first-order valence-corrected chi connectivity index (χ1v) is 6.54. The lowest BCUT2D eigenvalue weighted by molar-refractivity contribution is 0.417. The third kappa shape index (κ3) is 2.26. The van der Waals surface area contributed by atoms with E-state index >= 15 is 0 Å². The minimum absolute atomic E-state index is 0.818. The molecule has 1 N–H and O–H groups in total. The first-order chi connectivity index (χ1) is 9.28. The summed E-state index contributed by atoms with van der Waals surface area (Å²) in [5, 5.41) is 3.39. The highest BCUT2D eigenvalue weighted by atomic mass is 16.5. The first-order valence-electron chi connectivity index (χ1n) is 6.54. The van der Waals surface area contributed by atoms with Gasteiger partial charge in [-0.3, -0.25) is 0 Å². The molecule has 4 heteroatoms. The fourth-order valence-corrected chi connectivity index (χ4v) is 2.53. The summed E-state index contributed by atoms with van der Waals surface area (Å²) in [6.45, 7) is 1.94. The molecule has 1 aliphatic rings. The molecule has 2 aromatic rings. The SMILES string of the molecule is COc1ccccc1Nc1nc(C)nc2c1CCC2. The maximum Gasteiger partial charge on any atom is 0.142 e. The van der Waals surface area contributed by atoms with Crippen molar-refractivity contribution in [3.63, 3.8) is 0 Å². The van der Waals surface area contributed by atoms with Crippen molar-refractivity contribution in [3.8, 4) is 5.75 Å². The summed E-state index contributed by atoms with van der Waals surface area (Å²) in [6.07, 6.45) is 3.26. The van der Waals surface area contributed by atoms with Crippen LogP contribution in [-0.4, -0.2) is 17.1 Å². The molecule has 1 heterocycles. The fourth-order valence-electron chi connectivity index (χ4n) is 2.53. The Morgan fingerprint density at radius 1 is 1.16 bits per heavy atom. The van der Waals surface area contributed by atoms with E-state index in [9.17, 15) is 0 Å². The Morgan fingerprint density at radius 3 is 2.84 bits per heavy atom. The summed E-state index contributed by atoms with van der Waals surface area (Å²) >= 11 is 0. The molecule has 1 aromatic heterocycles. The number of aryl methyl sites for hydroxylation is 2. The summed E-state index contributed by atoms with van der Waals surface area (Å²) in [5.74, 6) is 2.56. The summed E-state index contributed by atoms with van der Waals surface area (Å²) in [6, 6.07) is 7.88. The third-order valence-electron chi connectivity index (χ3n) is 3.40. The predicted molar refractivity (Wildman–Crippen MR) is 75.1 cm³/mol. The Hall–Kier alpha value is -2.10. The Morgan fingerprint density at radius 2 is 2.00 bits per heavy atom. The molecule has 0 bridgehead atoms. The molecule has 1 aliphatic carbocycles. The lowest BCUT2D eigenvalue weighted by atomic mass is 10.2. The molecule has 0 fully saturated rings. The highest BCUT2D eigenvalue weighted by molar-refractivity contribution is 5.66. The monoisotopic (exact) mass is 255 g/mol. The van der Waals surface area contributed by atoms with Crippen LogP contribution in [0.5, 0.6) is 5.75 Å². The summed E-state index contributed by atoms with van der Waals surface area (Å²) < 4.78 is 5.36. The van der Waals surface area contributed by atoms with E-state index in [1.54, 1.807) is 7.11 Å². The second-order valence-electron chi connectivity index (χ2n) is 4.72. The minimum Gasteiger partial charge on any atom is -0.495 e. The number of aromatic nitrogens is 2. The topological polar surface area (TPSA) is 47.0 Å². The predicted octanol–water partition coefficient (Wildman–Crippen LogP) is 3.03. The number of nitrogens with zero attached hydrogens (tertiary/aromatic N) is 2. The van der Waals surface area contributed by atoms with E-state index in [-0.39, 0.29) is 0 Å². The van der Waals surface area contributed by atoms with Crippen molar-refractivity contribution >= 4 is 11.5 Å². The van der Waals surface area contributed by atoms with Gasteiger partial charge in [-0.05, 0) is 38.3 Å². The van der Waals surface area contributed by atoms with E-state index in [2.05, 4.69) is 15.3 Å². The first kappa shape index (κ1) is 12.0. The van der Waals surface area contributed by atoms with Crippen LogP contribution < -0.4 is 10.1 Å². The minimum atomic E-state index is 0.818. The zero-order valence-corrected chi connectivity index (χ0v) is 11.2. The van der Waals surface area contributed by atoms with Crippen LogP contribution in [0, 0.1) is 6.92 Å². The number of ether oxygens (including phenoxy) is 1. The van der Waals surface area contributed by atoms with Gasteiger partial charge in [0, 0.05) is 11.3 Å². The van der Waals surface area contributed by atoms with Crippen LogP contribution in [0.15, 0.2) is 24.3 Å². The van der Waals surface area contributed by atoms with Crippen molar-refractivity contribution in [2.24, 2.45) is 0 Å². The van der Waals surface area contributed by atoms with E-state index in [0.29, 0.717) is 0 Å². The van der Waals surface area contributed by atoms with Gasteiger partial charge < -0.3 is 10.1 Å². The molecule has 19 heavy (non-hydrogen) atoms. The number of benzene rings is 1. The lowest BCUT2D eigenvalue weighted by Crippen LogP contribution is -2.04. The maximum absolute atomic E-state index is 5.36. The van der Waals surface area contributed by atoms with Crippen molar-refractivity contribution in [2.45, 2.75) is 26.2 Å². The van der Waals surface area contributed by atoms with E-state index in [1.807, 2.05) is 31.2 Å². The molecule has 98 valence electrons. The van der Waals surface area contributed by atoms with Gasteiger partial charge in [-0.2, -0.15) is 0 Å². The quantitative estimate of drug-likeness (QED) is 0.915. The molecule has 0 spiro atoms. The molecule has 0 saturated carbocycles. The van der Waals surface area contributed by atoms with Crippen LogP contribution >= 0.6 is 0 Å². The Kier molecular flexibility index (Phi) is 3.07. The van der Waals surface area contributed by atoms with Crippen molar-refractivity contribution < 1.29 is 4.74 Å². The number of anilines is 2. The number of methoxy groups -OCH3 is 1. The zero-order valence-electron chi connectivity index (χ0n) is 11.2. The maximum atomic E-state index is 5.36. The van der Waals surface area contributed by atoms with Crippen LogP contribution in [-0.2, 0) is 12.8 Å². The molecule has 1 aromatic carbocycles. The summed E-state index contributed by atoms with van der Waals surface area (Å²) in [7, 11) is 1.68. The van der Waals surface area contributed by atoms with E-state index < -0.39 is 0 Å². The van der Waals surface area contributed by atoms with Gasteiger partial charge in [0.15, 0.2) is 0 Å². The molecule has 0 saturated heterocycles. The van der Waals surface area contributed by atoms with Gasteiger partial charge in [-0.15, -0.1) is 0 Å². The number of fused-ring (bicyclic) bond motifs is 1. The highest BCUT2D eigenvalue weighted by Gasteiger charge is 2.19. The Balaban J connectivity index is 2.00. The van der Waals surface area contributed by atoms with Gasteiger partial charge >= 0.3 is 0 Å². The van der Waals surface area contributed by atoms with Crippen LogP contribution in [0.1, 0.15) is 23.5 Å². The van der Waals surface area contributed by atoms with E-state index in [4.69, 9.17) is 4.74 Å². The second-order valence-corrected chi connectivity index (χ2v) is 4.72. The van der Waals surface area contributed by atoms with E-state index in [1.165, 1.54) is 11.3 Å². The van der Waals surface area contributed by atoms with Gasteiger partial charge in [0.1, 0.15) is 17.4 Å². The van der Waals surface area contributed by atoms with Crippen LogP contribution in [0.3, 0.4) is 0 Å². The zero-order chi connectivity index (χ0) is 13.2. The second kappa shape index (κ2) is 4.88. The van der Waals surface area contributed by atoms with Crippen LogP contribution in [0.2, 0.25) is 0 Å². The van der Waals surface area contributed by atoms with Crippen LogP contribution in [0.4, 0.5) is 11.5 Å². The normalized spacial score (nSPS) is 13.2. The van der Waals surface area contributed by atoms with Crippen molar-refractivity contribution in [1.82, 2.24) is 9.97 Å². The molecule has 0 atom stereocenters. The Bertz CT molecular complexity index is 610. The number of nitrogens with one attached hydrogen (secondary N) is 1. The summed E-state index contributed by atoms with van der Waals surface area (Å²) in [5.41, 5.74) is 3.37. The lowest BCUT2D eigenvalue weighted by Gasteiger charge is -2.13. The molecule has 0 amide bonds. The molecular formula is C15H17N3O. The largest absolute Gasteiger partial charge is 0.495 e. The Labute approximate surface area is 112 Å². The summed E-state index contributed by atoms with van der Waals surface area (Å²) in [4.78, 5) is 9.05. The van der Waals surface area contributed by atoms with Gasteiger partial charge in [0.05, 0.1) is 12.8 Å². The molecule has 4 nitrogen and oxygen atoms in total. The smallest absolute Gasteiger partial charge is 0.142 e. The molecule has 0 radical (unpaired) electrons. The van der Waals surface area contributed by atoms with Crippen LogP contribution in [0.25, 0.3) is 0 Å². The van der Waals surface area contributed by atoms with Gasteiger partial charge in [-0.25, -0.2) is 9.97 Å². The van der Waals surface area contributed by atoms with Gasteiger partial charge in [-0.1, -0.05) is 12.1 Å². The molecular weight excluding hydrogens is 238 g/mol. The van der Waals surface area contributed by atoms with Gasteiger partial charge in [0.2, 0.25) is 0 Å². The van der Waals surface area contributed by atoms with E-state index in [0.717, 1.165) is 42.3 Å². The van der Waals surface area contributed by atoms with Crippen molar-refractivity contribution in [2.75, 3.05) is 12.4 Å². The molecule has 0 aliphatic heterocycles. The fraction of sp³-hybridized carbons (Fsp3) is 0.333. The highest BCUT2D eigenvalue weighted by Crippen LogP contribution is 2.31. The van der Waals surface area contributed by atoms with Crippen molar-refractivity contribution in [3.05, 3.63) is 41.3 Å². The average molecular weight is 255 g/mol. The number of para-hydroxylation sites is 2. The molecule has 0 unspecified atom stereocenters. The third-order valence-corrected chi connectivity index (χ3v) is 3.40. The standard InChI is InChI=1S/C15H17N3O/c1-10-16-12-8-5-6-11(12)15(17-10)18-13-7-3-4-9-14(13)19-2/h3-4,7,9H,5-6,8H2,1-2H3,(H,16,17,18). The average Bonchev–Trinajstić information content (AvgIpc) is 2.87. The number of hydrogen-bond acceptors (Lipinski definition) is 4. The number of hydrogen-bond donors (Lipinski definition) is 1. The number of rotatable bonds is 3. The van der Waals surface area contributed by atoms with Crippen molar-refractivity contribution in [1.29, 1.82) is 0 Å². The van der Waals surface area contributed by atoms with Gasteiger partial charge in [0.25, 0.3) is 0 Å².